The van der Waals surface area contributed by atoms with Crippen LogP contribution in [0.5, 0.6) is 5.75 Å². The number of ether oxygens (including phenoxy) is 1. The lowest BCUT2D eigenvalue weighted by Gasteiger charge is -2.15. The van der Waals surface area contributed by atoms with Gasteiger partial charge in [0.25, 0.3) is 0 Å². The number of nitrogens with one attached hydrogen (secondary N) is 2. The number of hydrogen-bond donors (Lipinski definition) is 2. The Morgan fingerprint density at radius 3 is 2.42 bits per heavy atom. The van der Waals surface area contributed by atoms with Crippen LogP contribution >= 0.6 is 11.6 Å². The zero-order valence-corrected chi connectivity index (χ0v) is 16.6. The van der Waals surface area contributed by atoms with Gasteiger partial charge in [-0.25, -0.2) is 8.42 Å². The van der Waals surface area contributed by atoms with Crippen LogP contribution in [0.1, 0.15) is 11.1 Å². The molecule has 26 heavy (non-hydrogen) atoms. The maximum atomic E-state index is 12.2. The second-order valence-corrected chi connectivity index (χ2v) is 8.26. The highest BCUT2D eigenvalue weighted by Gasteiger charge is 2.21. The van der Waals surface area contributed by atoms with Gasteiger partial charge in [-0.15, -0.1) is 0 Å². The van der Waals surface area contributed by atoms with Crippen molar-refractivity contribution >= 4 is 38.7 Å². The van der Waals surface area contributed by atoms with Crippen LogP contribution < -0.4 is 15.4 Å². The van der Waals surface area contributed by atoms with Gasteiger partial charge >= 0.3 is 0 Å². The van der Waals surface area contributed by atoms with Crippen molar-refractivity contribution in [1.29, 1.82) is 0 Å². The van der Waals surface area contributed by atoms with E-state index in [1.807, 2.05) is 32.0 Å². The number of sulfone groups is 1. The number of aryl methyl sites for hydroxylation is 2. The summed E-state index contributed by atoms with van der Waals surface area (Å²) in [6.45, 7) is 3.84. The number of amides is 1. The largest absolute Gasteiger partial charge is 0.495 e. The van der Waals surface area contributed by atoms with Crippen LogP contribution in [-0.4, -0.2) is 34.2 Å². The molecule has 1 amide bonds. The van der Waals surface area contributed by atoms with E-state index in [1.165, 1.54) is 13.2 Å². The van der Waals surface area contributed by atoms with Gasteiger partial charge in [-0.2, -0.15) is 0 Å². The minimum absolute atomic E-state index is 0.0189. The van der Waals surface area contributed by atoms with Crippen LogP contribution in [0.15, 0.2) is 35.2 Å². The van der Waals surface area contributed by atoms with Crippen molar-refractivity contribution in [1.82, 2.24) is 0 Å². The van der Waals surface area contributed by atoms with E-state index in [1.54, 1.807) is 6.07 Å². The molecule has 0 radical (unpaired) electrons. The third kappa shape index (κ3) is 4.68. The summed E-state index contributed by atoms with van der Waals surface area (Å²) in [5, 5.41) is 5.57. The number of carbonyl (C=O) groups excluding carboxylic acids is 1. The Balaban J connectivity index is 2.17. The number of anilines is 2. The maximum absolute atomic E-state index is 12.2. The van der Waals surface area contributed by atoms with E-state index >= 15 is 0 Å². The van der Waals surface area contributed by atoms with Gasteiger partial charge in [-0.1, -0.05) is 17.7 Å². The van der Waals surface area contributed by atoms with Gasteiger partial charge in [0.2, 0.25) is 5.91 Å². The molecule has 0 saturated carbocycles. The van der Waals surface area contributed by atoms with E-state index in [4.69, 9.17) is 16.3 Å². The van der Waals surface area contributed by atoms with Gasteiger partial charge in [-0.3, -0.25) is 4.79 Å². The molecule has 0 aliphatic carbocycles. The van der Waals surface area contributed by atoms with Crippen molar-refractivity contribution in [3.05, 3.63) is 46.5 Å². The van der Waals surface area contributed by atoms with Gasteiger partial charge in [0, 0.05) is 11.9 Å². The molecular formula is C18H21ClN2O4S. The van der Waals surface area contributed by atoms with Crippen molar-refractivity contribution in [2.75, 3.05) is 30.5 Å². The second-order valence-electron chi connectivity index (χ2n) is 5.93. The first kappa shape index (κ1) is 20.1. The fraction of sp³-hybridized carbons (Fsp3) is 0.278. The van der Waals surface area contributed by atoms with Crippen LogP contribution in [0.2, 0.25) is 5.02 Å². The fourth-order valence-corrected chi connectivity index (χ4v) is 4.03. The summed E-state index contributed by atoms with van der Waals surface area (Å²) in [6.07, 6.45) is 1.05. The number of methoxy groups -OCH3 is 1. The molecule has 0 saturated heterocycles. The summed E-state index contributed by atoms with van der Waals surface area (Å²) in [5.74, 6) is -0.0585. The van der Waals surface area contributed by atoms with Gasteiger partial charge in [-0.05, 0) is 49.2 Å². The maximum Gasteiger partial charge on any atom is 0.243 e. The lowest BCUT2D eigenvalue weighted by Crippen LogP contribution is -2.22. The third-order valence-corrected chi connectivity index (χ3v) is 5.54. The summed E-state index contributed by atoms with van der Waals surface area (Å²) in [4.78, 5) is 12.1. The number of rotatable bonds is 6. The molecule has 0 atom stereocenters. The van der Waals surface area contributed by atoms with Gasteiger partial charge in [0.1, 0.15) is 15.7 Å². The molecule has 0 aliphatic heterocycles. The van der Waals surface area contributed by atoms with Gasteiger partial charge < -0.3 is 15.4 Å². The zero-order valence-electron chi connectivity index (χ0n) is 15.0. The molecule has 0 unspecified atom stereocenters. The summed E-state index contributed by atoms with van der Waals surface area (Å²) in [6, 6.07) is 8.67. The molecule has 0 heterocycles. The number of hydrogen-bond acceptors (Lipinski definition) is 5. The minimum Gasteiger partial charge on any atom is -0.495 e. The molecule has 2 aromatic carbocycles. The Bertz CT molecular complexity index is 942. The van der Waals surface area contributed by atoms with E-state index in [0.29, 0.717) is 5.69 Å². The Morgan fingerprint density at radius 2 is 1.85 bits per heavy atom. The third-order valence-electron chi connectivity index (χ3n) is 3.88. The summed E-state index contributed by atoms with van der Waals surface area (Å²) in [7, 11) is -2.22. The first-order valence-corrected chi connectivity index (χ1v) is 10.1. The van der Waals surface area contributed by atoms with Crippen LogP contribution in [0.25, 0.3) is 0 Å². The fourth-order valence-electron chi connectivity index (χ4n) is 2.40. The highest BCUT2D eigenvalue weighted by Crippen LogP contribution is 2.36. The smallest absolute Gasteiger partial charge is 0.243 e. The molecule has 140 valence electrons. The first-order chi connectivity index (χ1) is 12.1. The van der Waals surface area contributed by atoms with E-state index in [2.05, 4.69) is 10.6 Å². The molecule has 2 aromatic rings. The Morgan fingerprint density at radius 1 is 1.15 bits per heavy atom. The molecule has 2 N–H and O–H groups in total. The quantitative estimate of drug-likeness (QED) is 0.781. The predicted molar refractivity (Wildman–Crippen MR) is 104 cm³/mol. The summed E-state index contributed by atoms with van der Waals surface area (Å²) < 4.78 is 29.2. The lowest BCUT2D eigenvalue weighted by atomic mass is 10.1. The van der Waals surface area contributed by atoms with Crippen molar-refractivity contribution in [3.8, 4) is 5.75 Å². The SMILES string of the molecule is COc1ccc(NCC(=O)Nc2ccc(C)c(C)c2)c(S(C)(=O)=O)c1Cl. The molecule has 0 bridgehead atoms. The standard InChI is InChI=1S/C18H21ClN2O4S/c1-11-5-6-13(9-12(11)2)21-16(22)10-20-14-7-8-15(25-3)17(19)18(14)26(4,23)24/h5-9,20H,10H2,1-4H3,(H,21,22). The number of benzene rings is 2. The minimum atomic E-state index is -3.62. The van der Waals surface area contributed by atoms with E-state index in [-0.39, 0.29) is 33.8 Å². The Hall–Kier alpha value is -2.25. The summed E-state index contributed by atoms with van der Waals surface area (Å²) in [5.41, 5.74) is 3.12. The van der Waals surface area contributed by atoms with Crippen LogP contribution in [0.3, 0.4) is 0 Å². The molecule has 0 fully saturated rings. The average molecular weight is 397 g/mol. The highest BCUT2D eigenvalue weighted by atomic mass is 35.5. The Kier molecular flexibility index (Phi) is 6.15. The Labute approximate surface area is 158 Å². The molecule has 0 spiro atoms. The molecule has 8 heteroatoms. The van der Waals surface area contributed by atoms with Crippen molar-refractivity contribution in [2.45, 2.75) is 18.7 Å². The topological polar surface area (TPSA) is 84.5 Å². The lowest BCUT2D eigenvalue weighted by molar-refractivity contribution is -0.114. The highest BCUT2D eigenvalue weighted by molar-refractivity contribution is 7.91. The molecular weight excluding hydrogens is 376 g/mol. The van der Waals surface area contributed by atoms with Crippen molar-refractivity contribution in [2.24, 2.45) is 0 Å². The average Bonchev–Trinajstić information content (AvgIpc) is 2.55. The molecule has 6 nitrogen and oxygen atoms in total. The molecule has 0 aliphatic rings. The second kappa shape index (κ2) is 7.97. The van der Waals surface area contributed by atoms with Crippen molar-refractivity contribution in [3.63, 3.8) is 0 Å². The van der Waals surface area contributed by atoms with E-state index < -0.39 is 9.84 Å². The number of carbonyl (C=O) groups is 1. The van der Waals surface area contributed by atoms with Crippen LogP contribution in [0.4, 0.5) is 11.4 Å². The van der Waals surface area contributed by atoms with Crippen molar-refractivity contribution < 1.29 is 17.9 Å². The van der Waals surface area contributed by atoms with E-state index in [9.17, 15) is 13.2 Å². The summed E-state index contributed by atoms with van der Waals surface area (Å²) >= 11 is 6.13. The van der Waals surface area contributed by atoms with Gasteiger partial charge in [0.15, 0.2) is 9.84 Å². The zero-order chi connectivity index (χ0) is 19.5. The van der Waals surface area contributed by atoms with E-state index in [0.717, 1.165) is 17.4 Å². The van der Waals surface area contributed by atoms with Crippen LogP contribution in [-0.2, 0) is 14.6 Å². The monoisotopic (exact) mass is 396 g/mol. The van der Waals surface area contributed by atoms with Gasteiger partial charge in [0.05, 0.1) is 19.3 Å². The molecule has 2 rings (SSSR count). The normalized spacial score (nSPS) is 11.1. The van der Waals surface area contributed by atoms with Crippen LogP contribution in [0, 0.1) is 13.8 Å². The predicted octanol–water partition coefficient (Wildman–Crippen LogP) is 3.42. The molecule has 0 aromatic heterocycles. The first-order valence-electron chi connectivity index (χ1n) is 7.81. The number of halogens is 1.